The van der Waals surface area contributed by atoms with Crippen molar-refractivity contribution in [2.45, 2.75) is 19.0 Å². The lowest BCUT2D eigenvalue weighted by Crippen LogP contribution is -2.11. The normalized spacial score (nSPS) is 11.3. The van der Waals surface area contributed by atoms with Crippen LogP contribution in [-0.4, -0.2) is 26.8 Å². The number of carboxylic acid groups (broad SMARTS) is 1. The molecule has 0 aliphatic heterocycles. The summed E-state index contributed by atoms with van der Waals surface area (Å²) in [4.78, 5) is 30.2. The quantitative estimate of drug-likeness (QED) is 0.665. The molecular formula is C11H12N2O3S2. The summed E-state index contributed by atoms with van der Waals surface area (Å²) < 4.78 is 0. The van der Waals surface area contributed by atoms with Gasteiger partial charge in [-0.2, -0.15) is 0 Å². The van der Waals surface area contributed by atoms with E-state index in [1.54, 1.807) is 0 Å². The monoisotopic (exact) mass is 284 g/mol. The third-order valence-electron chi connectivity index (χ3n) is 2.21. The van der Waals surface area contributed by atoms with Crippen molar-refractivity contribution >= 4 is 39.3 Å². The molecule has 2 rings (SSSR count). The zero-order valence-corrected chi connectivity index (χ0v) is 11.5. The molecule has 0 saturated carbocycles. The number of hydrogen-bond donors (Lipinski definition) is 2. The smallest absolute Gasteiger partial charge is 0.337 e. The second-order valence-electron chi connectivity index (χ2n) is 4.21. The Bertz CT molecular complexity index is 645. The molecule has 96 valence electrons. The summed E-state index contributed by atoms with van der Waals surface area (Å²) in [6, 6.07) is 0. The van der Waals surface area contributed by atoms with Gasteiger partial charge in [0.25, 0.3) is 5.56 Å². The number of rotatable bonds is 4. The van der Waals surface area contributed by atoms with Gasteiger partial charge in [0, 0.05) is 11.1 Å². The molecule has 0 unspecified atom stereocenters. The van der Waals surface area contributed by atoms with Gasteiger partial charge in [-0.25, -0.2) is 9.78 Å². The number of fused-ring (bicyclic) bond motifs is 1. The summed E-state index contributed by atoms with van der Waals surface area (Å²) in [7, 11) is 0. The van der Waals surface area contributed by atoms with E-state index in [1.165, 1.54) is 28.5 Å². The number of nitrogens with one attached hydrogen (secondary N) is 1. The second kappa shape index (κ2) is 5.11. The summed E-state index contributed by atoms with van der Waals surface area (Å²) in [5.74, 6) is 0.246. The van der Waals surface area contributed by atoms with E-state index in [4.69, 9.17) is 5.11 Å². The van der Waals surface area contributed by atoms with Crippen LogP contribution >= 0.6 is 23.1 Å². The van der Waals surface area contributed by atoms with Crippen molar-refractivity contribution in [3.05, 3.63) is 21.3 Å². The van der Waals surface area contributed by atoms with Crippen LogP contribution in [0.4, 0.5) is 0 Å². The first kappa shape index (κ1) is 13.1. The lowest BCUT2D eigenvalue weighted by Gasteiger charge is -2.03. The van der Waals surface area contributed by atoms with Crippen molar-refractivity contribution in [1.82, 2.24) is 9.97 Å². The minimum Gasteiger partial charge on any atom is -0.478 e. The van der Waals surface area contributed by atoms with Crippen LogP contribution < -0.4 is 5.56 Å². The molecule has 7 heteroatoms. The highest BCUT2D eigenvalue weighted by molar-refractivity contribution is 7.99. The molecule has 0 amide bonds. The third-order valence-corrected chi connectivity index (χ3v) is 4.38. The fourth-order valence-electron chi connectivity index (χ4n) is 1.40. The number of carbonyl (C=O) groups is 1. The fourth-order valence-corrected chi connectivity index (χ4v) is 3.18. The maximum absolute atomic E-state index is 11.9. The summed E-state index contributed by atoms with van der Waals surface area (Å²) >= 11 is 2.65. The Morgan fingerprint density at radius 1 is 1.61 bits per heavy atom. The van der Waals surface area contributed by atoms with Gasteiger partial charge in [0.05, 0.1) is 10.9 Å². The third kappa shape index (κ3) is 2.56. The van der Waals surface area contributed by atoms with Crippen LogP contribution in [0.15, 0.2) is 15.3 Å². The number of aromatic carboxylic acids is 1. The van der Waals surface area contributed by atoms with Crippen LogP contribution in [0.5, 0.6) is 0 Å². The molecule has 2 heterocycles. The van der Waals surface area contributed by atoms with Gasteiger partial charge in [0.15, 0.2) is 5.16 Å². The summed E-state index contributed by atoms with van der Waals surface area (Å²) in [6.07, 6.45) is 0. The van der Waals surface area contributed by atoms with Gasteiger partial charge in [-0.05, 0) is 5.92 Å². The fraction of sp³-hybridized carbons (Fsp3) is 0.364. The minimum absolute atomic E-state index is 0.0177. The Kier molecular flexibility index (Phi) is 3.72. The molecule has 2 N–H and O–H groups in total. The molecule has 5 nitrogen and oxygen atoms in total. The number of aromatic nitrogens is 2. The molecule has 0 atom stereocenters. The molecule has 18 heavy (non-hydrogen) atoms. The van der Waals surface area contributed by atoms with Gasteiger partial charge in [-0.3, -0.25) is 4.79 Å². The summed E-state index contributed by atoms with van der Waals surface area (Å²) in [6.45, 7) is 4.16. The van der Waals surface area contributed by atoms with Crippen molar-refractivity contribution in [1.29, 1.82) is 0 Å². The van der Waals surface area contributed by atoms with Gasteiger partial charge in [-0.1, -0.05) is 25.6 Å². The highest BCUT2D eigenvalue weighted by atomic mass is 32.2. The molecule has 2 aromatic heterocycles. The van der Waals surface area contributed by atoms with Crippen LogP contribution in [0.2, 0.25) is 0 Å². The van der Waals surface area contributed by atoms with E-state index in [2.05, 4.69) is 23.8 Å². The highest BCUT2D eigenvalue weighted by Crippen LogP contribution is 2.24. The molecule has 0 bridgehead atoms. The summed E-state index contributed by atoms with van der Waals surface area (Å²) in [5, 5.41) is 11.1. The SMILES string of the molecule is CC(C)CSc1nc2scc(C(=O)O)c2c(=O)[nH]1. The Labute approximate surface area is 111 Å². The average Bonchev–Trinajstić information content (AvgIpc) is 2.70. The van der Waals surface area contributed by atoms with E-state index >= 15 is 0 Å². The number of aromatic amines is 1. The first-order valence-electron chi connectivity index (χ1n) is 5.36. The number of carboxylic acids is 1. The minimum atomic E-state index is -1.10. The number of hydrogen-bond acceptors (Lipinski definition) is 5. The van der Waals surface area contributed by atoms with E-state index in [-0.39, 0.29) is 16.5 Å². The standard InChI is InChI=1S/C11H12N2O3S2/c1-5(2)3-18-11-12-8(14)7-6(10(15)16)4-17-9(7)13-11/h4-5H,3H2,1-2H3,(H,15,16)(H,12,13,14). The summed E-state index contributed by atoms with van der Waals surface area (Å²) in [5.41, 5.74) is -0.367. The van der Waals surface area contributed by atoms with E-state index in [9.17, 15) is 9.59 Å². The van der Waals surface area contributed by atoms with Crippen LogP contribution in [0, 0.1) is 5.92 Å². The van der Waals surface area contributed by atoms with Crippen LogP contribution in [0.3, 0.4) is 0 Å². The molecule has 0 spiro atoms. The largest absolute Gasteiger partial charge is 0.478 e. The number of nitrogens with zero attached hydrogens (tertiary/aromatic N) is 1. The van der Waals surface area contributed by atoms with E-state index in [0.29, 0.717) is 15.9 Å². The molecule has 0 aliphatic rings. The molecule has 0 fully saturated rings. The zero-order chi connectivity index (χ0) is 13.3. The van der Waals surface area contributed by atoms with E-state index in [1.807, 2.05) is 0 Å². The second-order valence-corrected chi connectivity index (χ2v) is 6.08. The van der Waals surface area contributed by atoms with Gasteiger partial charge in [0.1, 0.15) is 4.83 Å². The number of thiophene rings is 1. The molecule has 0 radical (unpaired) electrons. The van der Waals surface area contributed by atoms with Crippen molar-refractivity contribution in [2.24, 2.45) is 5.92 Å². The van der Waals surface area contributed by atoms with E-state index in [0.717, 1.165) is 5.75 Å². The first-order valence-corrected chi connectivity index (χ1v) is 7.23. The van der Waals surface area contributed by atoms with Gasteiger partial charge < -0.3 is 10.1 Å². The van der Waals surface area contributed by atoms with Crippen molar-refractivity contribution < 1.29 is 9.90 Å². The Balaban J connectivity index is 2.45. The molecule has 0 aromatic carbocycles. The maximum atomic E-state index is 11.9. The van der Waals surface area contributed by atoms with Gasteiger partial charge in [0.2, 0.25) is 0 Å². The molecular weight excluding hydrogens is 272 g/mol. The van der Waals surface area contributed by atoms with Crippen LogP contribution in [0.1, 0.15) is 24.2 Å². The van der Waals surface area contributed by atoms with E-state index < -0.39 is 5.97 Å². The number of H-pyrrole nitrogens is 1. The Hall–Kier alpha value is -1.34. The number of thioether (sulfide) groups is 1. The van der Waals surface area contributed by atoms with Crippen molar-refractivity contribution in [3.63, 3.8) is 0 Å². The van der Waals surface area contributed by atoms with Gasteiger partial charge in [-0.15, -0.1) is 11.3 Å². The van der Waals surface area contributed by atoms with Crippen LogP contribution in [-0.2, 0) is 0 Å². The average molecular weight is 284 g/mol. The lowest BCUT2D eigenvalue weighted by molar-refractivity contribution is 0.0699. The Morgan fingerprint density at radius 3 is 2.94 bits per heavy atom. The van der Waals surface area contributed by atoms with Crippen LogP contribution in [0.25, 0.3) is 10.2 Å². The molecule has 0 aliphatic carbocycles. The first-order chi connectivity index (χ1) is 8.49. The maximum Gasteiger partial charge on any atom is 0.337 e. The zero-order valence-electron chi connectivity index (χ0n) is 9.89. The van der Waals surface area contributed by atoms with Crippen molar-refractivity contribution in [3.8, 4) is 0 Å². The Morgan fingerprint density at radius 2 is 2.33 bits per heavy atom. The van der Waals surface area contributed by atoms with Crippen molar-refractivity contribution in [2.75, 3.05) is 5.75 Å². The highest BCUT2D eigenvalue weighted by Gasteiger charge is 2.16. The molecule has 2 aromatic rings. The lowest BCUT2D eigenvalue weighted by atomic mass is 10.2. The predicted octanol–water partition coefficient (Wildman–Crippen LogP) is 2.43. The molecule has 0 saturated heterocycles. The predicted molar refractivity (Wildman–Crippen MR) is 72.8 cm³/mol. The topological polar surface area (TPSA) is 83.0 Å². The van der Waals surface area contributed by atoms with Gasteiger partial charge >= 0.3 is 5.97 Å².